The zero-order chi connectivity index (χ0) is 10.7. The Morgan fingerprint density at radius 3 is 3.20 bits per heavy atom. The van der Waals surface area contributed by atoms with Gasteiger partial charge < -0.3 is 4.74 Å². The highest BCUT2D eigenvalue weighted by Gasteiger charge is 2.11. The number of carbonyl (C=O) groups excluding carboxylic acids is 1. The molecule has 0 saturated carbocycles. The summed E-state index contributed by atoms with van der Waals surface area (Å²) >= 11 is 0. The van der Waals surface area contributed by atoms with Gasteiger partial charge in [-0.25, -0.2) is 9.78 Å². The van der Waals surface area contributed by atoms with Crippen LogP contribution >= 0.6 is 0 Å². The lowest BCUT2D eigenvalue weighted by atomic mass is 10.1. The summed E-state index contributed by atoms with van der Waals surface area (Å²) in [6.45, 7) is 2.13. The normalized spacial score (nSPS) is 10.2. The van der Waals surface area contributed by atoms with Crippen molar-refractivity contribution in [2.45, 2.75) is 6.92 Å². The Kier molecular flexibility index (Phi) is 2.63. The van der Waals surface area contributed by atoms with Crippen LogP contribution in [0.1, 0.15) is 17.4 Å². The van der Waals surface area contributed by atoms with E-state index in [9.17, 15) is 4.79 Å². The fraction of sp³-hybridized carbons (Fsp3) is 0.167. The summed E-state index contributed by atoms with van der Waals surface area (Å²) in [6.07, 6.45) is 1.59. The smallest absolute Gasteiger partial charge is 0.357 e. The average Bonchev–Trinajstić information content (AvgIpc) is 2.28. The topological polar surface area (TPSA) is 39.2 Å². The van der Waals surface area contributed by atoms with E-state index in [4.69, 9.17) is 4.74 Å². The molecule has 0 aliphatic rings. The van der Waals surface area contributed by atoms with E-state index in [0.29, 0.717) is 12.3 Å². The minimum absolute atomic E-state index is 0.353. The molecule has 1 radical (unpaired) electrons. The molecule has 0 atom stereocenters. The number of benzene rings is 1. The third-order valence-corrected chi connectivity index (χ3v) is 2.06. The number of rotatable bonds is 2. The third kappa shape index (κ3) is 1.81. The van der Waals surface area contributed by atoms with E-state index < -0.39 is 0 Å². The first kappa shape index (κ1) is 9.65. The summed E-state index contributed by atoms with van der Waals surface area (Å²) in [7, 11) is 0. The van der Waals surface area contributed by atoms with Crippen LogP contribution in [0.5, 0.6) is 0 Å². The van der Waals surface area contributed by atoms with E-state index in [1.165, 1.54) is 0 Å². The molecule has 2 aromatic rings. The minimum atomic E-state index is -0.386. The Labute approximate surface area is 87.7 Å². The van der Waals surface area contributed by atoms with Crippen molar-refractivity contribution in [2.75, 3.05) is 6.61 Å². The molecule has 0 amide bonds. The van der Waals surface area contributed by atoms with Crippen LogP contribution in [0.15, 0.2) is 30.5 Å². The van der Waals surface area contributed by atoms with Gasteiger partial charge in [-0.3, -0.25) is 0 Å². The second kappa shape index (κ2) is 4.09. The second-order valence-electron chi connectivity index (χ2n) is 3.01. The molecule has 0 saturated heterocycles. The van der Waals surface area contributed by atoms with E-state index in [2.05, 4.69) is 11.1 Å². The lowest BCUT2D eigenvalue weighted by Crippen LogP contribution is -2.07. The molecule has 1 aromatic heterocycles. The summed E-state index contributed by atoms with van der Waals surface area (Å²) < 4.78 is 4.92. The molecule has 0 fully saturated rings. The van der Waals surface area contributed by atoms with Gasteiger partial charge in [0, 0.05) is 11.6 Å². The van der Waals surface area contributed by atoms with E-state index in [1.54, 1.807) is 19.2 Å². The fourth-order valence-electron chi connectivity index (χ4n) is 1.41. The molecule has 3 nitrogen and oxygen atoms in total. The standard InChI is InChI=1S/C12H10NO2/c1-2-15-12(14)11-10-6-4-3-5-9(10)7-8-13-11/h3-4,6-8H,2H2,1H3. The first-order valence-electron chi connectivity index (χ1n) is 4.75. The largest absolute Gasteiger partial charge is 0.461 e. The van der Waals surface area contributed by atoms with Gasteiger partial charge in [-0.15, -0.1) is 0 Å². The van der Waals surface area contributed by atoms with E-state index in [-0.39, 0.29) is 5.97 Å². The van der Waals surface area contributed by atoms with Gasteiger partial charge in [0.05, 0.1) is 6.61 Å². The SMILES string of the molecule is CCOC(=O)c1nccc2[c]cccc12. The fourth-order valence-corrected chi connectivity index (χ4v) is 1.41. The molecule has 1 aromatic carbocycles. The molecule has 0 N–H and O–H groups in total. The van der Waals surface area contributed by atoms with E-state index in [1.807, 2.05) is 18.2 Å². The van der Waals surface area contributed by atoms with Crippen molar-refractivity contribution in [3.05, 3.63) is 42.2 Å². The van der Waals surface area contributed by atoms with Gasteiger partial charge in [0.25, 0.3) is 0 Å². The van der Waals surface area contributed by atoms with Crippen LogP contribution in [0.25, 0.3) is 10.8 Å². The number of hydrogen-bond acceptors (Lipinski definition) is 3. The van der Waals surface area contributed by atoms with Gasteiger partial charge >= 0.3 is 5.97 Å². The third-order valence-electron chi connectivity index (χ3n) is 2.06. The van der Waals surface area contributed by atoms with Crippen LogP contribution in [0.4, 0.5) is 0 Å². The van der Waals surface area contributed by atoms with Crippen molar-refractivity contribution in [1.82, 2.24) is 4.98 Å². The zero-order valence-corrected chi connectivity index (χ0v) is 8.36. The summed E-state index contributed by atoms with van der Waals surface area (Å²) in [5.74, 6) is -0.386. The first-order valence-corrected chi connectivity index (χ1v) is 4.75. The van der Waals surface area contributed by atoms with Gasteiger partial charge in [-0.2, -0.15) is 0 Å². The van der Waals surface area contributed by atoms with Crippen LogP contribution in [0.2, 0.25) is 0 Å². The van der Waals surface area contributed by atoms with Crippen molar-refractivity contribution < 1.29 is 9.53 Å². The van der Waals surface area contributed by atoms with Crippen LogP contribution in [-0.2, 0) is 4.74 Å². The molecular formula is C12H10NO2. The predicted molar refractivity (Wildman–Crippen MR) is 56.5 cm³/mol. The van der Waals surface area contributed by atoms with Gasteiger partial charge in [-0.1, -0.05) is 18.2 Å². The Hall–Kier alpha value is -1.90. The Morgan fingerprint density at radius 1 is 1.53 bits per heavy atom. The molecule has 0 aliphatic carbocycles. The Morgan fingerprint density at radius 2 is 2.40 bits per heavy atom. The van der Waals surface area contributed by atoms with Crippen molar-refractivity contribution in [1.29, 1.82) is 0 Å². The van der Waals surface area contributed by atoms with Gasteiger partial charge in [-0.05, 0) is 24.4 Å². The average molecular weight is 200 g/mol. The van der Waals surface area contributed by atoms with E-state index >= 15 is 0 Å². The van der Waals surface area contributed by atoms with Crippen molar-refractivity contribution in [3.8, 4) is 0 Å². The lowest BCUT2D eigenvalue weighted by Gasteiger charge is -2.03. The number of pyridine rings is 1. The Bertz CT molecular complexity index is 488. The first-order chi connectivity index (χ1) is 7.33. The molecule has 15 heavy (non-hydrogen) atoms. The van der Waals surface area contributed by atoms with Crippen molar-refractivity contribution in [3.63, 3.8) is 0 Å². The summed E-state index contributed by atoms with van der Waals surface area (Å²) in [6, 6.07) is 10.3. The van der Waals surface area contributed by atoms with Gasteiger partial charge in [0.1, 0.15) is 0 Å². The van der Waals surface area contributed by atoms with Crippen LogP contribution < -0.4 is 0 Å². The molecule has 2 rings (SSSR count). The highest BCUT2D eigenvalue weighted by atomic mass is 16.5. The van der Waals surface area contributed by atoms with Gasteiger partial charge in [0.15, 0.2) is 5.69 Å². The maximum atomic E-state index is 11.6. The number of esters is 1. The van der Waals surface area contributed by atoms with Crippen LogP contribution in [0, 0.1) is 6.07 Å². The minimum Gasteiger partial charge on any atom is -0.461 e. The maximum absolute atomic E-state index is 11.6. The number of aromatic nitrogens is 1. The second-order valence-corrected chi connectivity index (χ2v) is 3.01. The van der Waals surface area contributed by atoms with Crippen LogP contribution in [0.3, 0.4) is 0 Å². The van der Waals surface area contributed by atoms with Crippen LogP contribution in [-0.4, -0.2) is 17.6 Å². The number of nitrogens with zero attached hydrogens (tertiary/aromatic N) is 1. The quantitative estimate of drug-likeness (QED) is 0.698. The molecule has 75 valence electrons. The zero-order valence-electron chi connectivity index (χ0n) is 8.36. The number of ether oxygens (including phenoxy) is 1. The molecule has 0 unspecified atom stereocenters. The number of fused-ring (bicyclic) bond motifs is 1. The highest BCUT2D eigenvalue weighted by molar-refractivity contribution is 6.02. The maximum Gasteiger partial charge on any atom is 0.357 e. The summed E-state index contributed by atoms with van der Waals surface area (Å²) in [5.41, 5.74) is 0.353. The molecular weight excluding hydrogens is 190 g/mol. The molecule has 1 heterocycles. The van der Waals surface area contributed by atoms with Crippen molar-refractivity contribution >= 4 is 16.7 Å². The molecule has 0 spiro atoms. The van der Waals surface area contributed by atoms with Crippen molar-refractivity contribution in [2.24, 2.45) is 0 Å². The molecule has 3 heteroatoms. The lowest BCUT2D eigenvalue weighted by molar-refractivity contribution is 0.0522. The Balaban J connectivity index is 2.56. The summed E-state index contributed by atoms with van der Waals surface area (Å²) in [5, 5.41) is 1.65. The predicted octanol–water partition coefficient (Wildman–Crippen LogP) is 2.21. The molecule has 0 bridgehead atoms. The van der Waals surface area contributed by atoms with Gasteiger partial charge in [0.2, 0.25) is 0 Å². The number of carbonyl (C=O) groups is 1. The highest BCUT2D eigenvalue weighted by Crippen LogP contribution is 2.16. The number of hydrogen-bond donors (Lipinski definition) is 0. The summed E-state index contributed by atoms with van der Waals surface area (Å²) in [4.78, 5) is 15.6. The monoisotopic (exact) mass is 200 g/mol. The van der Waals surface area contributed by atoms with E-state index in [0.717, 1.165) is 10.8 Å². The molecule has 0 aliphatic heterocycles.